The zero-order valence-electron chi connectivity index (χ0n) is 95.8. The second kappa shape index (κ2) is 54.2. The Labute approximate surface area is 844 Å². The van der Waals surface area contributed by atoms with Crippen LogP contribution in [0.25, 0.3) is 0 Å². The molecule has 0 saturated heterocycles. The van der Waals surface area contributed by atoms with Gasteiger partial charge in [-0.1, -0.05) is 356 Å². The molecule has 8 aliphatic rings. The van der Waals surface area contributed by atoms with Crippen LogP contribution in [0.5, 0.6) is 0 Å². The maximum Gasteiger partial charge on any atom is 0.403 e. The van der Waals surface area contributed by atoms with E-state index in [9.17, 15) is 145 Å². The van der Waals surface area contributed by atoms with Gasteiger partial charge in [0.1, 0.15) is 0 Å². The first-order valence-electron chi connectivity index (χ1n) is 51.9. The van der Waals surface area contributed by atoms with Crippen molar-refractivity contribution >= 4 is 0 Å². The van der Waals surface area contributed by atoms with Gasteiger partial charge in [-0.25, -0.2) is 0 Å². The van der Waals surface area contributed by atoms with Crippen molar-refractivity contribution in [3.8, 4) is 0 Å². The van der Waals surface area contributed by atoms with Gasteiger partial charge in [-0.05, 0) is 228 Å². The van der Waals surface area contributed by atoms with Crippen molar-refractivity contribution < 1.29 is 145 Å². The standard InChI is InChI=1S/C11H21F3.C10H19F3.C10H18.C10H22.2C9H12F6.C9H15F3.C9H17F3.C9H20.2C8H13F3.C8H15F3/c1-8(2,3)9(4,5)10(6,7)11(12,13)14;1-7(8(2,3)4)9(5,6)10(11,12)13;1-8-7-9-3-5-10(8,2)6-4-9;1-8(2)10(6,7)9(3,4)5;1-6-2-4-7(5-3-6,8(10,11)12)9(13,14)15;1-6-4-2-3-5-7(6,8(10,11)12)9(13,14)15;1-6-4-3-5-8(7(6)2)9(10,11)12;1-6(2)8(4,5)7(3)9(10,11)12;1-7(2)8(3)9(4,5)6;1-6-2-4-7(5-3-6)8(9,10)11;1-6-3-2-4-7(5-6)8(9,10)11;1-6(2,3)7(4,5)8(9,10)11/h1-7H3;7H,1-6H3;8-9H,3-7H2,1-2H3;8H,1-7H3;2*6H,2-5H2,1H3;6-8H,3-5H2,1-2H3;6-7H,1-5H3;7-8H,1-6H3;2*6-7H,2-5H2,1H3;1-5H3/t;7-;8-,9?,10?;;;6-;6?,7-,8?;;8-;;6-,7?;/m.10..11.1.1./s1. The van der Waals surface area contributed by atoms with Crippen molar-refractivity contribution in [1.29, 1.82) is 0 Å². The van der Waals surface area contributed by atoms with Gasteiger partial charge < -0.3 is 0 Å². The summed E-state index contributed by atoms with van der Waals surface area (Å²) in [5.41, 5.74) is -12.7. The van der Waals surface area contributed by atoms with E-state index in [0.717, 1.165) is 80.5 Å². The van der Waals surface area contributed by atoms with Crippen LogP contribution in [0, 0.1) is 176 Å². The molecule has 0 heterocycles. The fourth-order valence-corrected chi connectivity index (χ4v) is 18.4. The summed E-state index contributed by atoms with van der Waals surface area (Å²) in [4.78, 5) is 0. The molecule has 8 rings (SSSR count). The highest BCUT2D eigenvalue weighted by Gasteiger charge is 2.73. The molecule has 0 amide bonds. The van der Waals surface area contributed by atoms with Crippen molar-refractivity contribution in [2.45, 2.75) is 527 Å². The Morgan fingerprint density at radius 3 is 0.832 bits per heavy atom. The summed E-state index contributed by atoms with van der Waals surface area (Å²) >= 11 is 0. The molecule has 0 N–H and O–H groups in total. The fraction of sp³-hybridized carbons (Fsp3) is 1.00. The maximum absolute atomic E-state index is 12.9. The van der Waals surface area contributed by atoms with Gasteiger partial charge >= 0.3 is 67.9 Å². The van der Waals surface area contributed by atoms with E-state index < -0.39 is 166 Å². The molecule has 8 saturated carbocycles. The second-order valence-corrected chi connectivity index (χ2v) is 53.5. The molecule has 0 aliphatic heterocycles. The van der Waals surface area contributed by atoms with Crippen LogP contribution in [-0.4, -0.2) is 67.9 Å². The molecule has 4 unspecified atom stereocenters. The molecule has 0 spiro atoms. The van der Waals surface area contributed by atoms with Crippen molar-refractivity contribution in [1.82, 2.24) is 0 Å². The second-order valence-electron chi connectivity index (χ2n) is 53.5. The molecule has 143 heavy (non-hydrogen) atoms. The minimum atomic E-state index is -5.20. The summed E-state index contributed by atoms with van der Waals surface area (Å²) in [6.07, 6.45) is -37.1. The normalized spacial score (nSPS) is 25.3. The van der Waals surface area contributed by atoms with Gasteiger partial charge in [0.05, 0.1) is 39.9 Å². The summed E-state index contributed by atoms with van der Waals surface area (Å²) in [5, 5.41) is 0. The van der Waals surface area contributed by atoms with Gasteiger partial charge in [0, 0.05) is 0 Å². The van der Waals surface area contributed by atoms with Crippen LogP contribution < -0.4 is 0 Å². The van der Waals surface area contributed by atoms with E-state index >= 15 is 0 Å². The third kappa shape index (κ3) is 45.0. The molecule has 0 aromatic carbocycles. The highest BCUT2D eigenvalue weighted by Crippen LogP contribution is 2.64. The Kier molecular flexibility index (Phi) is 56.5. The summed E-state index contributed by atoms with van der Waals surface area (Å²) in [5.74, 6) is -0.848. The molecule has 8 aliphatic carbocycles. The Balaban J connectivity index is -0.000000486. The van der Waals surface area contributed by atoms with Gasteiger partial charge in [0.2, 0.25) is 0 Å². The largest absolute Gasteiger partial charge is 0.403 e. The zero-order chi connectivity index (χ0) is 116. The van der Waals surface area contributed by atoms with Crippen molar-refractivity contribution in [3.63, 3.8) is 0 Å². The lowest BCUT2D eigenvalue weighted by molar-refractivity contribution is -0.364. The fourth-order valence-electron chi connectivity index (χ4n) is 18.4. The molecule has 33 heteroatoms. The number of fused-ring (bicyclic) bond motifs is 3. The first-order chi connectivity index (χ1) is 62.2. The van der Waals surface area contributed by atoms with Crippen LogP contribution in [0.1, 0.15) is 459 Å². The van der Waals surface area contributed by atoms with Crippen LogP contribution in [0.15, 0.2) is 0 Å². The minimum Gasteiger partial charge on any atom is -0.171 e. The van der Waals surface area contributed by atoms with Crippen LogP contribution in [-0.2, 0) is 0 Å². The number of rotatable bonds is 6. The SMILES string of the molecule is CC(C)(C)C(C)(C)C(C)(C)C(F)(F)F.CC(C)(C)C(C)(C)C(F)(F)F.CC(C)C(C)(C)C(C)(C)C.CC(C)C(C)(C)C(C)C(F)(F)F.CC(C)[C@@H](C)C(C)(C)C.CC1CCC(C(F)(F)F)(C(F)(F)F)CC1.CC1CCC(C(F)(F)F)CC1.CC1CCCC(C(F)(F)F)[C@@H]1C.C[C@@H]1CCCC(C(F)(F)F)C1.C[C@@H]1CCCCC1(C(F)(F)F)C(F)(F)F.C[C@H](C(C)(C)C)C(C)(C)C(F)(F)F.C[C@H]1CC2CCC1(C)CC2. The predicted molar refractivity (Wildman–Crippen MR) is 520 cm³/mol. The summed E-state index contributed by atoms with van der Waals surface area (Å²) < 4.78 is 411. The van der Waals surface area contributed by atoms with Crippen molar-refractivity contribution in [2.24, 2.45) is 176 Å². The third-order valence-electron chi connectivity index (χ3n) is 37.3. The molecule has 868 valence electrons. The Hall–Kier alpha value is -2.31. The Morgan fingerprint density at radius 2 is 0.643 bits per heavy atom. The average molecular weight is 2150 g/mol. The van der Waals surface area contributed by atoms with Crippen LogP contribution in [0.4, 0.5) is 145 Å². The number of alkyl halides is 33. The molecule has 0 aromatic rings. The van der Waals surface area contributed by atoms with E-state index in [-0.39, 0.29) is 66.1 Å². The zero-order valence-corrected chi connectivity index (χ0v) is 95.8. The number of hydrogen-bond acceptors (Lipinski definition) is 0. The third-order valence-corrected chi connectivity index (χ3v) is 37.3. The van der Waals surface area contributed by atoms with Crippen molar-refractivity contribution in [3.05, 3.63) is 0 Å². The van der Waals surface area contributed by atoms with E-state index in [1.54, 1.807) is 69.2 Å². The van der Waals surface area contributed by atoms with Gasteiger partial charge in [-0.3, -0.25) is 0 Å². The number of halogens is 33. The molecule has 8 fully saturated rings. The van der Waals surface area contributed by atoms with Crippen LogP contribution in [0.3, 0.4) is 0 Å². The van der Waals surface area contributed by atoms with Crippen LogP contribution in [0.2, 0.25) is 0 Å². The molecule has 0 aromatic heterocycles. The quantitative estimate of drug-likeness (QED) is 0.233. The first kappa shape index (κ1) is 149. The van der Waals surface area contributed by atoms with E-state index in [4.69, 9.17) is 0 Å². The van der Waals surface area contributed by atoms with Gasteiger partial charge in [-0.2, -0.15) is 145 Å². The van der Waals surface area contributed by atoms with Crippen LogP contribution >= 0.6 is 0 Å². The highest BCUT2D eigenvalue weighted by atomic mass is 19.5. The lowest BCUT2D eigenvalue weighted by Crippen LogP contribution is -2.55. The lowest BCUT2D eigenvalue weighted by atomic mass is 9.55. The highest BCUT2D eigenvalue weighted by molar-refractivity contribution is 5.02. The van der Waals surface area contributed by atoms with E-state index in [0.29, 0.717) is 60.7 Å². The van der Waals surface area contributed by atoms with E-state index in [1.807, 2.05) is 76.2 Å². The molecular weight excluding hydrogens is 1950 g/mol. The topological polar surface area (TPSA) is 0 Å². The molecule has 0 radical (unpaired) electrons. The summed E-state index contributed by atoms with van der Waals surface area (Å²) in [6, 6.07) is 0. The summed E-state index contributed by atoms with van der Waals surface area (Å²) in [6.45, 7) is 81.9. The summed E-state index contributed by atoms with van der Waals surface area (Å²) in [7, 11) is 0. The van der Waals surface area contributed by atoms with Crippen molar-refractivity contribution in [2.75, 3.05) is 0 Å². The Bertz CT molecular complexity index is 3330. The van der Waals surface area contributed by atoms with Gasteiger partial charge in [0.15, 0.2) is 10.8 Å². The van der Waals surface area contributed by atoms with Gasteiger partial charge in [0.25, 0.3) is 0 Å². The smallest absolute Gasteiger partial charge is 0.171 e. The molecular formula is C110H197F33. The molecule has 10 atom stereocenters. The van der Waals surface area contributed by atoms with Gasteiger partial charge in [-0.15, -0.1) is 0 Å². The van der Waals surface area contributed by atoms with E-state index in [1.165, 1.54) is 80.6 Å². The number of hydrogen-bond donors (Lipinski definition) is 0. The minimum absolute atomic E-state index is 0.0106. The average Bonchev–Trinajstić information content (AvgIpc) is 0.731. The first-order valence-corrected chi connectivity index (χ1v) is 51.9. The predicted octanol–water partition coefficient (Wildman–Crippen LogP) is 45.6. The maximum atomic E-state index is 12.9. The Morgan fingerprint density at radius 1 is 0.273 bits per heavy atom. The molecule has 0 nitrogen and oxygen atoms in total. The lowest BCUT2D eigenvalue weighted by Gasteiger charge is -2.51. The molecule has 2 bridgehead atoms. The van der Waals surface area contributed by atoms with E-state index in [2.05, 4.69) is 104 Å². The monoisotopic (exact) mass is 2150 g/mol.